The molecule has 0 saturated heterocycles. The number of benzene rings is 1. The van der Waals surface area contributed by atoms with Gasteiger partial charge in [-0.2, -0.15) is 0 Å². The van der Waals surface area contributed by atoms with Crippen molar-refractivity contribution in [1.29, 1.82) is 0 Å². The Bertz CT molecular complexity index is 804. The highest BCUT2D eigenvalue weighted by Crippen LogP contribution is 2.31. The number of rotatable bonds is 6. The molecule has 1 aromatic heterocycles. The number of halogens is 1. The number of aromatic nitrogens is 1. The van der Waals surface area contributed by atoms with Crippen molar-refractivity contribution < 1.29 is 9.59 Å². The van der Waals surface area contributed by atoms with Gasteiger partial charge in [-0.25, -0.2) is 0 Å². The van der Waals surface area contributed by atoms with Crippen LogP contribution >= 0.6 is 11.6 Å². The van der Waals surface area contributed by atoms with Gasteiger partial charge in [0.2, 0.25) is 11.8 Å². The second kappa shape index (κ2) is 9.69. The van der Waals surface area contributed by atoms with Crippen LogP contribution in [0.5, 0.6) is 0 Å². The van der Waals surface area contributed by atoms with Crippen LogP contribution in [0.3, 0.4) is 0 Å². The summed E-state index contributed by atoms with van der Waals surface area (Å²) in [5.41, 5.74) is 1.82. The zero-order valence-corrected chi connectivity index (χ0v) is 16.9. The Kier molecular flexibility index (Phi) is 7.04. The van der Waals surface area contributed by atoms with E-state index in [0.29, 0.717) is 17.3 Å². The van der Waals surface area contributed by atoms with Gasteiger partial charge >= 0.3 is 0 Å². The Morgan fingerprint density at radius 1 is 1.07 bits per heavy atom. The molecule has 5 nitrogen and oxygen atoms in total. The predicted octanol–water partition coefficient (Wildman–Crippen LogP) is 4.18. The quantitative estimate of drug-likeness (QED) is 0.792. The van der Waals surface area contributed by atoms with Gasteiger partial charge in [-0.15, -0.1) is 0 Å². The molecule has 0 bridgehead atoms. The Labute approximate surface area is 171 Å². The third kappa shape index (κ3) is 5.32. The van der Waals surface area contributed by atoms with Crippen LogP contribution in [0, 0.1) is 11.8 Å². The second-order valence-electron chi connectivity index (χ2n) is 7.38. The summed E-state index contributed by atoms with van der Waals surface area (Å²) in [5, 5.41) is 3.45. The first kappa shape index (κ1) is 20.3. The molecule has 2 amide bonds. The summed E-state index contributed by atoms with van der Waals surface area (Å²) in [7, 11) is 1.86. The highest BCUT2D eigenvalue weighted by Gasteiger charge is 2.31. The van der Waals surface area contributed by atoms with E-state index in [1.807, 2.05) is 36.2 Å². The Hall–Kier alpha value is -2.40. The van der Waals surface area contributed by atoms with Crippen molar-refractivity contribution in [2.45, 2.75) is 32.1 Å². The maximum Gasteiger partial charge on any atom is 0.227 e. The number of likely N-dealkylation sites (N-methyl/N-ethyl adjacent to an activating group) is 1. The largest absolute Gasteiger partial charge is 0.345 e. The normalized spacial score (nSPS) is 19.1. The van der Waals surface area contributed by atoms with E-state index in [0.717, 1.165) is 32.1 Å². The fourth-order valence-corrected chi connectivity index (χ4v) is 3.85. The molecule has 0 aliphatic heterocycles. The van der Waals surface area contributed by atoms with Gasteiger partial charge in [-0.05, 0) is 61.9 Å². The maximum atomic E-state index is 12.7. The SMILES string of the molecule is CN(CCc1ccncc1)C(=O)C1CCC(C(=O)Nc2ccccc2Cl)CC1. The topological polar surface area (TPSA) is 62.3 Å². The molecule has 1 heterocycles. The number of nitrogens with zero attached hydrogens (tertiary/aromatic N) is 2. The first-order chi connectivity index (χ1) is 13.5. The number of hydrogen-bond acceptors (Lipinski definition) is 3. The van der Waals surface area contributed by atoms with Crippen LogP contribution in [0.25, 0.3) is 0 Å². The Morgan fingerprint density at radius 3 is 2.39 bits per heavy atom. The van der Waals surface area contributed by atoms with Gasteiger partial charge in [0.05, 0.1) is 10.7 Å². The molecule has 1 N–H and O–H groups in total. The van der Waals surface area contributed by atoms with E-state index in [9.17, 15) is 9.59 Å². The molecule has 0 atom stereocenters. The van der Waals surface area contributed by atoms with Gasteiger partial charge in [0, 0.05) is 37.8 Å². The molecule has 2 aromatic rings. The summed E-state index contributed by atoms with van der Waals surface area (Å²) < 4.78 is 0. The van der Waals surface area contributed by atoms with Crippen molar-refractivity contribution in [2.24, 2.45) is 11.8 Å². The zero-order valence-electron chi connectivity index (χ0n) is 16.1. The van der Waals surface area contributed by atoms with Crippen LogP contribution in [0.2, 0.25) is 5.02 Å². The van der Waals surface area contributed by atoms with Crippen molar-refractivity contribution in [3.05, 3.63) is 59.4 Å². The van der Waals surface area contributed by atoms with E-state index in [1.54, 1.807) is 24.5 Å². The average Bonchev–Trinajstić information content (AvgIpc) is 2.74. The number of pyridine rings is 1. The number of carbonyl (C=O) groups excluding carboxylic acids is 2. The van der Waals surface area contributed by atoms with Crippen LogP contribution in [-0.4, -0.2) is 35.3 Å². The summed E-state index contributed by atoms with van der Waals surface area (Å²) >= 11 is 6.11. The molecule has 6 heteroatoms. The maximum absolute atomic E-state index is 12.7. The number of para-hydroxylation sites is 1. The van der Waals surface area contributed by atoms with Crippen molar-refractivity contribution in [3.8, 4) is 0 Å². The summed E-state index contributed by atoms with van der Waals surface area (Å²) in [6.07, 6.45) is 7.31. The van der Waals surface area contributed by atoms with Crippen molar-refractivity contribution in [3.63, 3.8) is 0 Å². The summed E-state index contributed by atoms with van der Waals surface area (Å²) in [5.74, 6) is 0.110. The number of carbonyl (C=O) groups is 2. The van der Waals surface area contributed by atoms with Crippen LogP contribution in [0.4, 0.5) is 5.69 Å². The lowest BCUT2D eigenvalue weighted by atomic mass is 9.81. The van der Waals surface area contributed by atoms with Crippen LogP contribution in [-0.2, 0) is 16.0 Å². The second-order valence-corrected chi connectivity index (χ2v) is 7.79. The van der Waals surface area contributed by atoms with E-state index in [4.69, 9.17) is 11.6 Å². The smallest absolute Gasteiger partial charge is 0.227 e. The minimum atomic E-state index is -0.0672. The molecule has 0 unspecified atom stereocenters. The highest BCUT2D eigenvalue weighted by atomic mass is 35.5. The number of anilines is 1. The summed E-state index contributed by atoms with van der Waals surface area (Å²) in [6, 6.07) is 11.2. The number of amides is 2. The Morgan fingerprint density at radius 2 is 1.71 bits per heavy atom. The van der Waals surface area contributed by atoms with Crippen LogP contribution < -0.4 is 5.32 Å². The first-order valence-electron chi connectivity index (χ1n) is 9.74. The molecule has 3 rings (SSSR count). The fraction of sp³-hybridized carbons (Fsp3) is 0.409. The van der Waals surface area contributed by atoms with E-state index >= 15 is 0 Å². The summed E-state index contributed by atoms with van der Waals surface area (Å²) in [4.78, 5) is 31.1. The molecule has 0 radical (unpaired) electrons. The monoisotopic (exact) mass is 399 g/mol. The van der Waals surface area contributed by atoms with Gasteiger partial charge in [-0.3, -0.25) is 14.6 Å². The fourth-order valence-electron chi connectivity index (χ4n) is 3.67. The predicted molar refractivity (Wildman–Crippen MR) is 111 cm³/mol. The van der Waals surface area contributed by atoms with E-state index in [2.05, 4.69) is 10.3 Å². The number of hydrogen-bond donors (Lipinski definition) is 1. The minimum Gasteiger partial charge on any atom is -0.345 e. The van der Waals surface area contributed by atoms with Gasteiger partial charge in [0.15, 0.2) is 0 Å². The molecule has 1 saturated carbocycles. The summed E-state index contributed by atoms with van der Waals surface area (Å²) in [6.45, 7) is 0.690. The van der Waals surface area contributed by atoms with Gasteiger partial charge in [-0.1, -0.05) is 23.7 Å². The average molecular weight is 400 g/mol. The molecule has 28 heavy (non-hydrogen) atoms. The first-order valence-corrected chi connectivity index (χ1v) is 10.1. The van der Waals surface area contributed by atoms with Crippen molar-refractivity contribution >= 4 is 29.1 Å². The molecule has 1 fully saturated rings. The van der Waals surface area contributed by atoms with Crippen molar-refractivity contribution in [1.82, 2.24) is 9.88 Å². The van der Waals surface area contributed by atoms with Crippen LogP contribution in [0.15, 0.2) is 48.8 Å². The molecule has 0 spiro atoms. The lowest BCUT2D eigenvalue weighted by Crippen LogP contribution is -2.37. The molecule has 1 aromatic carbocycles. The van der Waals surface area contributed by atoms with Gasteiger partial charge in [0.1, 0.15) is 0 Å². The number of nitrogens with one attached hydrogen (secondary N) is 1. The molecular weight excluding hydrogens is 374 g/mol. The third-order valence-electron chi connectivity index (χ3n) is 5.44. The third-order valence-corrected chi connectivity index (χ3v) is 5.77. The van der Waals surface area contributed by atoms with Crippen LogP contribution in [0.1, 0.15) is 31.2 Å². The highest BCUT2D eigenvalue weighted by molar-refractivity contribution is 6.33. The lowest BCUT2D eigenvalue weighted by molar-refractivity contribution is -0.136. The van der Waals surface area contributed by atoms with E-state index in [-0.39, 0.29) is 23.7 Å². The molecule has 1 aliphatic carbocycles. The zero-order chi connectivity index (χ0) is 19.9. The molecule has 148 valence electrons. The van der Waals surface area contributed by atoms with E-state index in [1.165, 1.54) is 5.56 Å². The van der Waals surface area contributed by atoms with Crippen molar-refractivity contribution in [2.75, 3.05) is 18.9 Å². The minimum absolute atomic E-state index is 0.00630. The van der Waals surface area contributed by atoms with Gasteiger partial charge < -0.3 is 10.2 Å². The van der Waals surface area contributed by atoms with Gasteiger partial charge in [0.25, 0.3) is 0 Å². The standard InChI is InChI=1S/C22H26ClN3O2/c1-26(15-12-16-10-13-24-14-11-16)22(28)18-8-6-17(7-9-18)21(27)25-20-5-3-2-4-19(20)23/h2-5,10-11,13-14,17-18H,6-9,12,15H2,1H3,(H,25,27). The Balaban J connectivity index is 1.45. The lowest BCUT2D eigenvalue weighted by Gasteiger charge is -2.30. The van der Waals surface area contributed by atoms with E-state index < -0.39 is 0 Å². The molecular formula is C22H26ClN3O2. The molecule has 1 aliphatic rings.